The number of para-hydroxylation sites is 2. The normalized spacial score (nSPS) is 16.3. The molecule has 2 aromatic heterocycles. The highest BCUT2D eigenvalue weighted by atomic mass is 32.2. The van der Waals surface area contributed by atoms with Gasteiger partial charge >= 0.3 is 0 Å². The molecule has 3 heteroatoms. The molecule has 3 atom stereocenters. The van der Waals surface area contributed by atoms with E-state index in [4.69, 9.17) is 0 Å². The molecule has 0 amide bonds. The first kappa shape index (κ1) is 44.9. The fraction of sp³-hybridized carbons (Fsp3) is 0.0789. The Morgan fingerprint density at radius 1 is 0.316 bits per heavy atom. The van der Waals surface area contributed by atoms with Gasteiger partial charge < -0.3 is 9.13 Å². The molecule has 0 radical (unpaired) electrons. The predicted molar refractivity (Wildman–Crippen MR) is 337 cm³/mol. The second-order valence-electron chi connectivity index (χ2n) is 22.0. The summed E-state index contributed by atoms with van der Waals surface area (Å²) in [6.45, 7) is 0. The highest BCUT2D eigenvalue weighted by molar-refractivity contribution is 8.00. The summed E-state index contributed by atoms with van der Waals surface area (Å²) in [4.78, 5) is 1.46. The van der Waals surface area contributed by atoms with Gasteiger partial charge in [0.2, 0.25) is 0 Å². The van der Waals surface area contributed by atoms with E-state index in [2.05, 4.69) is 282 Å². The Kier molecular flexibility index (Phi) is 10.1. The number of rotatable bonds is 6. The van der Waals surface area contributed by atoms with E-state index in [0.29, 0.717) is 17.1 Å². The number of hydrogen-bond donors (Lipinski definition) is 0. The minimum absolute atomic E-state index is 0.340. The van der Waals surface area contributed by atoms with E-state index in [1.54, 1.807) is 0 Å². The number of aromatic nitrogens is 2. The van der Waals surface area contributed by atoms with Gasteiger partial charge in [-0.05, 0) is 121 Å². The molecule has 1 aliphatic heterocycles. The second kappa shape index (κ2) is 17.7. The highest BCUT2D eigenvalue weighted by Crippen LogP contribution is 2.62. The zero-order chi connectivity index (χ0) is 51.7. The number of thioether (sulfide) groups is 1. The highest BCUT2D eigenvalue weighted by Gasteiger charge is 2.44. The SMILES string of the molecule is c1ccc(-c2ccc3c(c2)c2ccccc2n3-c2c3ccccc3c(-c3cccc4c3SC3CCCC(c5c6ccccc6c(-n6c7ccccc7c7cc(-c8ccccc8)ccc76)c6ccccc56)C43)c3ccccc23)cc1. The van der Waals surface area contributed by atoms with E-state index in [9.17, 15) is 0 Å². The lowest BCUT2D eigenvalue weighted by Crippen LogP contribution is -2.24. The third-order valence-electron chi connectivity index (χ3n) is 18.0. The third kappa shape index (κ3) is 6.67. The zero-order valence-corrected chi connectivity index (χ0v) is 44.3. The summed E-state index contributed by atoms with van der Waals surface area (Å²) in [5, 5.41) is 16.0. The number of fused-ring (bicyclic) bond motifs is 13. The molecule has 15 aromatic rings. The topological polar surface area (TPSA) is 9.86 Å². The summed E-state index contributed by atoms with van der Waals surface area (Å²) >= 11 is 2.17. The van der Waals surface area contributed by atoms with Gasteiger partial charge in [-0.15, -0.1) is 11.8 Å². The van der Waals surface area contributed by atoms with Crippen LogP contribution in [0.15, 0.2) is 266 Å². The molecule has 1 aliphatic carbocycles. The van der Waals surface area contributed by atoms with E-state index in [-0.39, 0.29) is 0 Å². The van der Waals surface area contributed by atoms with Gasteiger partial charge in [-0.3, -0.25) is 0 Å². The lowest BCUT2D eigenvalue weighted by molar-refractivity contribution is 0.405. The maximum absolute atomic E-state index is 2.58. The van der Waals surface area contributed by atoms with Gasteiger partial charge in [0.05, 0.1) is 33.4 Å². The van der Waals surface area contributed by atoms with Crippen molar-refractivity contribution in [1.29, 1.82) is 0 Å². The molecule has 372 valence electrons. The second-order valence-corrected chi connectivity index (χ2v) is 23.3. The minimum Gasteiger partial charge on any atom is -0.308 e. The van der Waals surface area contributed by atoms with Crippen molar-refractivity contribution in [3.8, 4) is 44.8 Å². The monoisotopic (exact) mass is 1020 g/mol. The molecule has 79 heavy (non-hydrogen) atoms. The maximum atomic E-state index is 2.58. The van der Waals surface area contributed by atoms with Gasteiger partial charge in [0, 0.05) is 59.2 Å². The molecule has 2 aliphatic rings. The fourth-order valence-corrected chi connectivity index (χ4v) is 16.5. The Morgan fingerprint density at radius 2 is 0.734 bits per heavy atom. The van der Waals surface area contributed by atoms with Crippen LogP contribution in [-0.4, -0.2) is 14.4 Å². The van der Waals surface area contributed by atoms with Crippen LogP contribution in [-0.2, 0) is 0 Å². The number of nitrogens with zero attached hydrogens (tertiary/aromatic N) is 2. The van der Waals surface area contributed by atoms with Crippen molar-refractivity contribution >= 4 is 98.5 Å². The molecule has 0 bridgehead atoms. The molecule has 1 fully saturated rings. The van der Waals surface area contributed by atoms with Gasteiger partial charge in [0.1, 0.15) is 0 Å². The molecule has 2 nitrogen and oxygen atoms in total. The van der Waals surface area contributed by atoms with Crippen LogP contribution in [0.4, 0.5) is 0 Å². The van der Waals surface area contributed by atoms with Crippen LogP contribution < -0.4 is 0 Å². The van der Waals surface area contributed by atoms with Gasteiger partial charge in [0.15, 0.2) is 0 Å². The Labute approximate surface area is 462 Å². The Morgan fingerprint density at radius 3 is 1.24 bits per heavy atom. The molecule has 3 heterocycles. The van der Waals surface area contributed by atoms with E-state index in [1.165, 1.54) is 160 Å². The summed E-state index contributed by atoms with van der Waals surface area (Å²) < 4.78 is 5.13. The maximum Gasteiger partial charge on any atom is 0.0619 e. The summed E-state index contributed by atoms with van der Waals surface area (Å²) in [7, 11) is 0. The van der Waals surface area contributed by atoms with Crippen LogP contribution in [0.25, 0.3) is 131 Å². The summed E-state index contributed by atoms with van der Waals surface area (Å²) in [5.41, 5.74) is 18.1. The molecular formula is C76H52N2S. The average Bonchev–Trinajstić information content (AvgIpc) is 4.40. The van der Waals surface area contributed by atoms with Crippen molar-refractivity contribution < 1.29 is 0 Å². The largest absolute Gasteiger partial charge is 0.308 e. The van der Waals surface area contributed by atoms with Gasteiger partial charge in [-0.2, -0.15) is 0 Å². The number of benzene rings is 13. The lowest BCUT2D eigenvalue weighted by Gasteiger charge is -2.36. The first-order valence-corrected chi connectivity index (χ1v) is 29.0. The van der Waals surface area contributed by atoms with Gasteiger partial charge in [-0.25, -0.2) is 0 Å². The Hall–Kier alpha value is -9.15. The van der Waals surface area contributed by atoms with Crippen molar-refractivity contribution in [1.82, 2.24) is 9.13 Å². The smallest absolute Gasteiger partial charge is 0.0619 e. The van der Waals surface area contributed by atoms with Crippen molar-refractivity contribution in [3.05, 3.63) is 272 Å². The fourth-order valence-electron chi connectivity index (χ4n) is 14.8. The summed E-state index contributed by atoms with van der Waals surface area (Å²) in [5.74, 6) is 0.706. The first-order chi connectivity index (χ1) is 39.2. The van der Waals surface area contributed by atoms with Crippen LogP contribution in [0, 0.1) is 0 Å². The van der Waals surface area contributed by atoms with E-state index < -0.39 is 0 Å². The first-order valence-electron chi connectivity index (χ1n) is 28.1. The van der Waals surface area contributed by atoms with Gasteiger partial charge in [0.25, 0.3) is 0 Å². The average molecular weight is 1030 g/mol. The molecule has 0 N–H and O–H groups in total. The minimum atomic E-state index is 0.340. The molecular weight excluding hydrogens is 973 g/mol. The van der Waals surface area contributed by atoms with Crippen LogP contribution >= 0.6 is 11.8 Å². The molecule has 0 spiro atoms. The van der Waals surface area contributed by atoms with Crippen molar-refractivity contribution in [2.75, 3.05) is 0 Å². The van der Waals surface area contributed by atoms with Crippen LogP contribution in [0.3, 0.4) is 0 Å². The third-order valence-corrected chi connectivity index (χ3v) is 19.5. The van der Waals surface area contributed by atoms with Crippen LogP contribution in [0.5, 0.6) is 0 Å². The number of hydrogen-bond acceptors (Lipinski definition) is 1. The lowest BCUT2D eigenvalue weighted by atomic mass is 9.69. The summed E-state index contributed by atoms with van der Waals surface area (Å²) in [6.07, 6.45) is 3.57. The molecule has 1 saturated carbocycles. The molecule has 3 unspecified atom stereocenters. The zero-order valence-electron chi connectivity index (χ0n) is 43.5. The van der Waals surface area contributed by atoms with Crippen LogP contribution in [0.2, 0.25) is 0 Å². The predicted octanol–water partition coefficient (Wildman–Crippen LogP) is 21.0. The van der Waals surface area contributed by atoms with Gasteiger partial charge in [-0.1, -0.05) is 231 Å². The van der Waals surface area contributed by atoms with E-state index in [0.717, 1.165) is 6.42 Å². The molecule has 13 aromatic carbocycles. The van der Waals surface area contributed by atoms with Crippen molar-refractivity contribution in [2.24, 2.45) is 0 Å². The Bertz CT molecular complexity index is 4870. The van der Waals surface area contributed by atoms with Crippen LogP contribution in [0.1, 0.15) is 42.2 Å². The van der Waals surface area contributed by atoms with E-state index in [1.807, 2.05) is 0 Å². The standard InChI is InChI=1S/C76H52N2S/c1-3-21-47(22-4-1)49-41-43-68-64(45-49)51-25-15-17-38-66(51)77(68)74-57-31-11-7-27-53(57)71(54-28-8-12-32-58(54)74)61-35-20-40-70-73(61)63-37-19-36-62(76(63)79-70)72-55-29-9-13-33-59(55)75(60-34-14-10-30-56(60)72)78-67-39-18-16-26-52(67)65-46-50(42-44-69(65)78)48-23-5-2-6-24-48/h1-19,21-34,36-39,41-46,61,70,73H,20,35,40H2. The van der Waals surface area contributed by atoms with Crippen molar-refractivity contribution in [3.63, 3.8) is 0 Å². The molecule has 17 rings (SSSR count). The Balaban J connectivity index is 0.852. The molecule has 0 saturated heterocycles. The van der Waals surface area contributed by atoms with E-state index >= 15 is 0 Å². The van der Waals surface area contributed by atoms with Crippen molar-refractivity contribution in [2.45, 2.75) is 41.2 Å². The summed E-state index contributed by atoms with van der Waals surface area (Å²) in [6, 6.07) is 98.2. The quantitative estimate of drug-likeness (QED) is 0.151.